The number of amides is 2. The minimum absolute atomic E-state index is 0.0766. The standard InChI is InChI=1S/C27H32N2O6/c1-16(2)13-22(24(30)29-23(25(31)32)15-35-27(29,3)4)28-26(33)34-14-21-19-11-7-5-9-17(19)18-10-6-8-12-20(18)21/h5-12,16,21-23H,13-15H2,1-4H3,(H,28,33)(H,31,32)/t22-,23?/m1/s1. The molecule has 0 saturated carbocycles. The average Bonchev–Trinajstić information content (AvgIpc) is 3.30. The molecule has 1 saturated heterocycles. The molecule has 2 atom stereocenters. The van der Waals surface area contributed by atoms with Gasteiger partial charge in [0.15, 0.2) is 6.04 Å². The number of carboxylic acid groups (broad SMARTS) is 1. The molecule has 1 fully saturated rings. The van der Waals surface area contributed by atoms with Crippen molar-refractivity contribution in [2.45, 2.75) is 57.8 Å². The van der Waals surface area contributed by atoms with Gasteiger partial charge >= 0.3 is 12.1 Å². The number of benzene rings is 2. The maximum Gasteiger partial charge on any atom is 0.407 e. The zero-order chi connectivity index (χ0) is 25.3. The Kier molecular flexibility index (Phi) is 6.85. The summed E-state index contributed by atoms with van der Waals surface area (Å²) in [6.07, 6.45) is -0.377. The van der Waals surface area contributed by atoms with Crippen molar-refractivity contribution in [1.82, 2.24) is 10.2 Å². The van der Waals surface area contributed by atoms with Gasteiger partial charge < -0.3 is 19.9 Å². The van der Waals surface area contributed by atoms with E-state index in [1.54, 1.807) is 13.8 Å². The molecular formula is C27H32N2O6. The molecule has 186 valence electrons. The van der Waals surface area contributed by atoms with E-state index in [1.807, 2.05) is 50.2 Å². The molecule has 8 heteroatoms. The molecule has 2 N–H and O–H groups in total. The van der Waals surface area contributed by atoms with Crippen LogP contribution in [0.4, 0.5) is 4.79 Å². The Morgan fingerprint density at radius 1 is 1.09 bits per heavy atom. The largest absolute Gasteiger partial charge is 0.480 e. The molecule has 2 aliphatic rings. The van der Waals surface area contributed by atoms with Crippen LogP contribution in [0.5, 0.6) is 0 Å². The molecule has 0 spiro atoms. The molecule has 0 bridgehead atoms. The molecular weight excluding hydrogens is 448 g/mol. The molecule has 2 aromatic rings. The third-order valence-corrected chi connectivity index (χ3v) is 6.65. The summed E-state index contributed by atoms with van der Waals surface area (Å²) < 4.78 is 11.2. The van der Waals surface area contributed by atoms with Crippen molar-refractivity contribution < 1.29 is 29.0 Å². The van der Waals surface area contributed by atoms with Crippen molar-refractivity contribution in [3.63, 3.8) is 0 Å². The maximum atomic E-state index is 13.4. The molecule has 1 aliphatic heterocycles. The van der Waals surface area contributed by atoms with Crippen LogP contribution in [-0.4, -0.2) is 59.0 Å². The Bertz CT molecular complexity index is 1080. The Balaban J connectivity index is 1.48. The second-order valence-corrected chi connectivity index (χ2v) is 9.97. The minimum atomic E-state index is -1.15. The van der Waals surface area contributed by atoms with Gasteiger partial charge in [-0.15, -0.1) is 0 Å². The summed E-state index contributed by atoms with van der Waals surface area (Å²) in [5.74, 6) is -1.67. The smallest absolute Gasteiger partial charge is 0.407 e. The predicted octanol–water partition coefficient (Wildman–Crippen LogP) is 3.99. The highest BCUT2D eigenvalue weighted by Gasteiger charge is 2.49. The first-order valence-electron chi connectivity index (χ1n) is 11.9. The molecule has 1 aliphatic carbocycles. The van der Waals surface area contributed by atoms with Gasteiger partial charge in [0.1, 0.15) is 18.4 Å². The Morgan fingerprint density at radius 3 is 2.20 bits per heavy atom. The van der Waals surface area contributed by atoms with Crippen molar-refractivity contribution in [1.29, 1.82) is 0 Å². The van der Waals surface area contributed by atoms with E-state index < -0.39 is 35.8 Å². The van der Waals surface area contributed by atoms with Crippen LogP contribution in [0.25, 0.3) is 11.1 Å². The van der Waals surface area contributed by atoms with Crippen molar-refractivity contribution in [2.24, 2.45) is 5.92 Å². The van der Waals surface area contributed by atoms with Crippen LogP contribution >= 0.6 is 0 Å². The van der Waals surface area contributed by atoms with Gasteiger partial charge in [0.05, 0.1) is 6.61 Å². The van der Waals surface area contributed by atoms with Gasteiger partial charge in [-0.05, 0) is 48.4 Å². The predicted molar refractivity (Wildman–Crippen MR) is 130 cm³/mol. The third-order valence-electron chi connectivity index (χ3n) is 6.65. The lowest BCUT2D eigenvalue weighted by atomic mass is 9.98. The Hall–Kier alpha value is -3.39. The first-order valence-corrected chi connectivity index (χ1v) is 11.9. The molecule has 2 amide bonds. The highest BCUT2D eigenvalue weighted by molar-refractivity contribution is 5.90. The molecule has 2 aromatic carbocycles. The monoisotopic (exact) mass is 480 g/mol. The summed E-state index contributed by atoms with van der Waals surface area (Å²) in [5.41, 5.74) is 3.34. The number of ether oxygens (including phenoxy) is 2. The molecule has 1 unspecified atom stereocenters. The molecule has 35 heavy (non-hydrogen) atoms. The molecule has 8 nitrogen and oxygen atoms in total. The Morgan fingerprint density at radius 2 is 1.66 bits per heavy atom. The van der Waals surface area contributed by atoms with E-state index in [2.05, 4.69) is 17.4 Å². The molecule has 0 radical (unpaired) electrons. The van der Waals surface area contributed by atoms with Gasteiger partial charge in [0.2, 0.25) is 5.91 Å². The van der Waals surface area contributed by atoms with Crippen molar-refractivity contribution in [3.05, 3.63) is 59.7 Å². The fourth-order valence-electron chi connectivity index (χ4n) is 5.05. The fourth-order valence-corrected chi connectivity index (χ4v) is 5.05. The number of rotatable bonds is 7. The number of carbonyl (C=O) groups excluding carboxylic acids is 2. The van der Waals surface area contributed by atoms with Crippen LogP contribution in [0.15, 0.2) is 48.5 Å². The zero-order valence-electron chi connectivity index (χ0n) is 20.5. The highest BCUT2D eigenvalue weighted by Crippen LogP contribution is 2.44. The maximum absolute atomic E-state index is 13.4. The number of carboxylic acids is 1. The molecule has 0 aromatic heterocycles. The van der Waals surface area contributed by atoms with Crippen LogP contribution < -0.4 is 5.32 Å². The minimum Gasteiger partial charge on any atom is -0.480 e. The fraction of sp³-hybridized carbons (Fsp3) is 0.444. The lowest BCUT2D eigenvalue weighted by molar-refractivity contribution is -0.157. The van der Waals surface area contributed by atoms with E-state index in [0.29, 0.717) is 6.42 Å². The SMILES string of the molecule is CC(C)C[C@@H](NC(=O)OCC1c2ccccc2-c2ccccc21)C(=O)N1C(C(=O)O)COC1(C)C. The van der Waals surface area contributed by atoms with Gasteiger partial charge in [-0.25, -0.2) is 9.59 Å². The number of alkyl carbamates (subject to hydrolysis) is 1. The normalized spacial score (nSPS) is 19.2. The van der Waals surface area contributed by atoms with E-state index in [9.17, 15) is 19.5 Å². The van der Waals surface area contributed by atoms with Crippen molar-refractivity contribution in [3.8, 4) is 11.1 Å². The van der Waals surface area contributed by atoms with E-state index in [4.69, 9.17) is 9.47 Å². The Labute approximate surface area is 205 Å². The van der Waals surface area contributed by atoms with Gasteiger partial charge in [-0.1, -0.05) is 62.4 Å². The summed E-state index contributed by atoms with van der Waals surface area (Å²) in [5, 5.41) is 12.3. The summed E-state index contributed by atoms with van der Waals surface area (Å²) >= 11 is 0. The van der Waals surface area contributed by atoms with Gasteiger partial charge in [0, 0.05) is 5.92 Å². The first-order chi connectivity index (χ1) is 16.6. The summed E-state index contributed by atoms with van der Waals surface area (Å²) in [6.45, 7) is 7.17. The van der Waals surface area contributed by atoms with Crippen LogP contribution in [0.2, 0.25) is 0 Å². The van der Waals surface area contributed by atoms with E-state index >= 15 is 0 Å². The first kappa shape index (κ1) is 24.7. The number of nitrogens with zero attached hydrogens (tertiary/aromatic N) is 1. The van der Waals surface area contributed by atoms with Gasteiger partial charge in [0.25, 0.3) is 0 Å². The number of carbonyl (C=O) groups is 3. The molecule has 1 heterocycles. The number of hydrogen-bond acceptors (Lipinski definition) is 5. The van der Waals surface area contributed by atoms with Crippen LogP contribution in [0.1, 0.15) is 51.2 Å². The summed E-state index contributed by atoms with van der Waals surface area (Å²) in [6, 6.07) is 14.0. The topological polar surface area (TPSA) is 105 Å². The van der Waals surface area contributed by atoms with Crippen molar-refractivity contribution in [2.75, 3.05) is 13.2 Å². The van der Waals surface area contributed by atoms with Crippen LogP contribution in [0.3, 0.4) is 0 Å². The second-order valence-electron chi connectivity index (χ2n) is 9.97. The lowest BCUT2D eigenvalue weighted by Gasteiger charge is -2.35. The van der Waals surface area contributed by atoms with Crippen LogP contribution in [-0.2, 0) is 19.1 Å². The van der Waals surface area contributed by atoms with Crippen LogP contribution in [0, 0.1) is 5.92 Å². The van der Waals surface area contributed by atoms with E-state index in [-0.39, 0.29) is 25.0 Å². The average molecular weight is 481 g/mol. The number of nitrogens with one attached hydrogen (secondary N) is 1. The van der Waals surface area contributed by atoms with E-state index in [1.165, 1.54) is 4.90 Å². The summed E-state index contributed by atoms with van der Waals surface area (Å²) in [4.78, 5) is 39.3. The number of fused-ring (bicyclic) bond motifs is 3. The zero-order valence-corrected chi connectivity index (χ0v) is 20.5. The second kappa shape index (κ2) is 9.70. The van der Waals surface area contributed by atoms with Gasteiger partial charge in [-0.3, -0.25) is 9.69 Å². The lowest BCUT2D eigenvalue weighted by Crippen LogP contribution is -2.58. The summed E-state index contributed by atoms with van der Waals surface area (Å²) in [7, 11) is 0. The number of aliphatic carboxylic acids is 1. The third kappa shape index (κ3) is 4.89. The van der Waals surface area contributed by atoms with E-state index in [0.717, 1.165) is 22.3 Å². The highest BCUT2D eigenvalue weighted by atomic mass is 16.6. The number of hydrogen-bond donors (Lipinski definition) is 2. The van der Waals surface area contributed by atoms with Gasteiger partial charge in [-0.2, -0.15) is 0 Å². The quantitative estimate of drug-likeness (QED) is 0.621. The molecule has 4 rings (SSSR count). The van der Waals surface area contributed by atoms with Crippen molar-refractivity contribution >= 4 is 18.0 Å².